The molecule has 0 aliphatic carbocycles. The third-order valence-electron chi connectivity index (χ3n) is 4.19. The number of nitrogens with zero attached hydrogens (tertiary/aromatic N) is 4. The molecule has 1 aliphatic heterocycles. The second-order valence-corrected chi connectivity index (χ2v) is 5.68. The van der Waals surface area contributed by atoms with E-state index in [1.807, 2.05) is 25.2 Å². The van der Waals surface area contributed by atoms with Crippen LogP contribution in [-0.4, -0.2) is 38.7 Å². The molecule has 4 rings (SSSR count). The van der Waals surface area contributed by atoms with E-state index in [9.17, 15) is 4.79 Å². The summed E-state index contributed by atoms with van der Waals surface area (Å²) in [6.07, 6.45) is 2.66. The largest absolute Gasteiger partial charge is 0.477 e. The van der Waals surface area contributed by atoms with Crippen molar-refractivity contribution in [1.29, 1.82) is 0 Å². The summed E-state index contributed by atoms with van der Waals surface area (Å²) in [5.74, 6) is 0.0899. The molecule has 3 aromatic rings. The lowest BCUT2D eigenvalue weighted by Gasteiger charge is -2.15. The number of benzene rings is 1. The van der Waals surface area contributed by atoms with Gasteiger partial charge in [0.15, 0.2) is 0 Å². The summed E-state index contributed by atoms with van der Waals surface area (Å²) in [6.45, 7) is 3.40. The predicted octanol–water partition coefficient (Wildman–Crippen LogP) is 2.40. The second-order valence-electron chi connectivity index (χ2n) is 5.68. The molecular formula is C17H18N4O3. The normalized spacial score (nSPS) is 13.6. The van der Waals surface area contributed by atoms with E-state index in [2.05, 4.69) is 10.2 Å². The Bertz CT molecular complexity index is 925. The van der Waals surface area contributed by atoms with E-state index in [0.717, 1.165) is 29.4 Å². The van der Waals surface area contributed by atoms with Crippen LogP contribution in [0.2, 0.25) is 0 Å². The van der Waals surface area contributed by atoms with Crippen LogP contribution in [0, 0.1) is 0 Å². The van der Waals surface area contributed by atoms with Gasteiger partial charge in [-0.1, -0.05) is 12.1 Å². The van der Waals surface area contributed by atoms with Crippen molar-refractivity contribution in [2.45, 2.75) is 19.9 Å². The van der Waals surface area contributed by atoms with Gasteiger partial charge < -0.3 is 9.47 Å². The van der Waals surface area contributed by atoms with E-state index in [-0.39, 0.29) is 0 Å². The number of rotatable bonds is 3. The number of carbonyl (C=O) groups excluding carboxylic acids is 1. The van der Waals surface area contributed by atoms with Crippen LogP contribution in [-0.2, 0) is 18.3 Å². The first-order valence-corrected chi connectivity index (χ1v) is 8.02. The minimum Gasteiger partial charge on any atom is -0.477 e. The van der Waals surface area contributed by atoms with E-state index in [0.29, 0.717) is 30.4 Å². The van der Waals surface area contributed by atoms with Gasteiger partial charge in [-0.25, -0.2) is 9.48 Å². The fraction of sp³-hybridized carbons (Fsp3) is 0.353. The third-order valence-corrected chi connectivity index (χ3v) is 4.19. The van der Waals surface area contributed by atoms with Crippen LogP contribution in [0.15, 0.2) is 24.4 Å². The van der Waals surface area contributed by atoms with Gasteiger partial charge in [-0.15, -0.1) is 0 Å². The average molecular weight is 326 g/mol. The Balaban J connectivity index is 1.97. The number of hydrogen-bond donors (Lipinski definition) is 0. The van der Waals surface area contributed by atoms with Gasteiger partial charge in [-0.05, 0) is 13.0 Å². The summed E-state index contributed by atoms with van der Waals surface area (Å²) in [6, 6.07) is 5.87. The number of aryl methyl sites for hydroxylation is 2. The van der Waals surface area contributed by atoms with E-state index in [1.165, 1.54) is 0 Å². The van der Waals surface area contributed by atoms with Gasteiger partial charge in [0, 0.05) is 31.0 Å². The first-order chi connectivity index (χ1) is 11.7. The minimum atomic E-state index is -0.406. The Morgan fingerprint density at radius 1 is 1.42 bits per heavy atom. The highest BCUT2D eigenvalue weighted by molar-refractivity contribution is 6.03. The second kappa shape index (κ2) is 5.67. The average Bonchev–Trinajstić information content (AvgIpc) is 3.16. The lowest BCUT2D eigenvalue weighted by Crippen LogP contribution is -2.16. The molecule has 0 bridgehead atoms. The van der Waals surface area contributed by atoms with Crippen molar-refractivity contribution in [3.63, 3.8) is 0 Å². The first kappa shape index (κ1) is 14.7. The lowest BCUT2D eigenvalue weighted by molar-refractivity contribution is 0.0520. The van der Waals surface area contributed by atoms with E-state index < -0.39 is 5.97 Å². The van der Waals surface area contributed by atoms with Gasteiger partial charge in [0.2, 0.25) is 5.88 Å². The number of aromatic nitrogens is 4. The fourth-order valence-corrected chi connectivity index (χ4v) is 3.09. The van der Waals surface area contributed by atoms with Crippen molar-refractivity contribution in [2.24, 2.45) is 7.05 Å². The predicted molar refractivity (Wildman–Crippen MR) is 88.0 cm³/mol. The Morgan fingerprint density at radius 2 is 2.29 bits per heavy atom. The molecule has 124 valence electrons. The number of esters is 1. The maximum atomic E-state index is 12.5. The molecular weight excluding hydrogens is 308 g/mol. The van der Waals surface area contributed by atoms with E-state index >= 15 is 0 Å². The molecule has 0 amide bonds. The van der Waals surface area contributed by atoms with Crippen LogP contribution in [0.3, 0.4) is 0 Å². The standard InChI is InChI=1S/C17H18N4O3/c1-3-23-17(22)14-15(19-21-8-5-9-24-16(14)21)11-6-4-7-13-12(11)10-18-20(13)2/h4,6-7,10H,3,5,8-9H2,1-2H3. The van der Waals surface area contributed by atoms with Gasteiger partial charge >= 0.3 is 5.97 Å². The molecule has 0 saturated heterocycles. The van der Waals surface area contributed by atoms with Gasteiger partial charge in [0.1, 0.15) is 11.3 Å². The zero-order valence-corrected chi connectivity index (χ0v) is 13.7. The van der Waals surface area contributed by atoms with Crippen LogP contribution in [0.1, 0.15) is 23.7 Å². The molecule has 24 heavy (non-hydrogen) atoms. The van der Waals surface area contributed by atoms with Gasteiger partial charge in [0.05, 0.1) is 24.9 Å². The minimum absolute atomic E-state index is 0.306. The molecule has 1 aliphatic rings. The highest BCUT2D eigenvalue weighted by atomic mass is 16.5. The summed E-state index contributed by atoms with van der Waals surface area (Å²) in [5, 5.41) is 9.89. The summed E-state index contributed by atoms with van der Waals surface area (Å²) >= 11 is 0. The van der Waals surface area contributed by atoms with Crippen LogP contribution >= 0.6 is 0 Å². The summed E-state index contributed by atoms with van der Waals surface area (Å²) in [5.41, 5.74) is 2.82. The third kappa shape index (κ3) is 2.16. The van der Waals surface area contributed by atoms with Crippen LogP contribution in [0.4, 0.5) is 0 Å². The first-order valence-electron chi connectivity index (χ1n) is 8.02. The summed E-state index contributed by atoms with van der Waals surface area (Å²) in [7, 11) is 1.89. The highest BCUT2D eigenvalue weighted by Gasteiger charge is 2.30. The monoisotopic (exact) mass is 326 g/mol. The van der Waals surface area contributed by atoms with Crippen molar-refractivity contribution in [3.05, 3.63) is 30.0 Å². The molecule has 7 heteroatoms. The van der Waals surface area contributed by atoms with E-state index in [4.69, 9.17) is 9.47 Å². The molecule has 0 radical (unpaired) electrons. The van der Waals surface area contributed by atoms with Crippen LogP contribution in [0.25, 0.3) is 22.2 Å². The smallest absolute Gasteiger partial charge is 0.345 e. The maximum absolute atomic E-state index is 12.5. The fourth-order valence-electron chi connectivity index (χ4n) is 3.09. The Labute approximate surface area is 138 Å². The van der Waals surface area contributed by atoms with E-state index in [1.54, 1.807) is 22.5 Å². The van der Waals surface area contributed by atoms with Crippen molar-refractivity contribution in [3.8, 4) is 17.1 Å². The van der Waals surface area contributed by atoms with Crippen LogP contribution in [0.5, 0.6) is 5.88 Å². The molecule has 0 saturated carbocycles. The molecule has 3 heterocycles. The summed E-state index contributed by atoms with van der Waals surface area (Å²) in [4.78, 5) is 12.5. The summed E-state index contributed by atoms with van der Waals surface area (Å²) < 4.78 is 14.5. The number of hydrogen-bond acceptors (Lipinski definition) is 5. The Hall–Kier alpha value is -2.83. The highest BCUT2D eigenvalue weighted by Crippen LogP contribution is 2.36. The quantitative estimate of drug-likeness (QED) is 0.691. The molecule has 7 nitrogen and oxygen atoms in total. The Kier molecular flexibility index (Phi) is 3.48. The SMILES string of the molecule is CCOC(=O)c1c(-c2cccc3c2cnn3C)nn2c1OCCC2. The maximum Gasteiger partial charge on any atom is 0.345 e. The van der Waals surface area contributed by atoms with Gasteiger partial charge in [-0.3, -0.25) is 4.68 Å². The molecule has 0 unspecified atom stereocenters. The molecule has 0 atom stereocenters. The van der Waals surface area contributed by atoms with Crippen molar-refractivity contribution in [2.75, 3.05) is 13.2 Å². The number of fused-ring (bicyclic) bond motifs is 2. The van der Waals surface area contributed by atoms with Crippen LogP contribution < -0.4 is 4.74 Å². The van der Waals surface area contributed by atoms with Crippen molar-refractivity contribution in [1.82, 2.24) is 19.6 Å². The Morgan fingerprint density at radius 3 is 3.12 bits per heavy atom. The molecule has 0 spiro atoms. The lowest BCUT2D eigenvalue weighted by atomic mass is 10.0. The van der Waals surface area contributed by atoms with Gasteiger partial charge in [0.25, 0.3) is 0 Å². The molecule has 1 aromatic carbocycles. The number of carbonyl (C=O) groups is 1. The number of ether oxygens (including phenoxy) is 2. The topological polar surface area (TPSA) is 71.2 Å². The van der Waals surface area contributed by atoms with Crippen molar-refractivity contribution >= 4 is 16.9 Å². The molecule has 2 aromatic heterocycles. The molecule has 0 N–H and O–H groups in total. The van der Waals surface area contributed by atoms with Gasteiger partial charge in [-0.2, -0.15) is 10.2 Å². The zero-order valence-electron chi connectivity index (χ0n) is 13.7. The zero-order chi connectivity index (χ0) is 16.7. The molecule has 0 fully saturated rings. The van der Waals surface area contributed by atoms with Crippen molar-refractivity contribution < 1.29 is 14.3 Å².